The fourth-order valence-corrected chi connectivity index (χ4v) is 4.50. The van der Waals surface area contributed by atoms with Crippen molar-refractivity contribution in [3.63, 3.8) is 0 Å². The summed E-state index contributed by atoms with van der Waals surface area (Å²) >= 11 is 0. The molecule has 1 aromatic rings. The first-order valence-corrected chi connectivity index (χ1v) is 11.6. The average molecular weight is 414 g/mol. The molecule has 1 N–H and O–H groups in total. The van der Waals surface area contributed by atoms with Gasteiger partial charge >= 0.3 is 0 Å². The van der Waals surface area contributed by atoms with Crippen molar-refractivity contribution < 1.29 is 14.3 Å². The van der Waals surface area contributed by atoms with Crippen LogP contribution in [0.2, 0.25) is 0 Å². The van der Waals surface area contributed by atoms with Gasteiger partial charge in [-0.25, -0.2) is 0 Å². The van der Waals surface area contributed by atoms with Crippen molar-refractivity contribution in [1.82, 2.24) is 15.1 Å². The number of nitrogens with one attached hydrogen (secondary N) is 1. The number of morpholine rings is 1. The van der Waals surface area contributed by atoms with Crippen molar-refractivity contribution in [2.75, 3.05) is 52.5 Å². The standard InChI is InChI=1S/C24H35N3O3/c28-23(25-10-1-11-26-14-16-30-17-15-26)21-4-2-19(3-5-21)18-20-8-12-27(13-9-20)24(29)22-6-7-22/h2-5,20,22H,1,6-18H2,(H,25,28). The molecule has 0 spiro atoms. The number of hydrogen-bond acceptors (Lipinski definition) is 4. The van der Waals surface area contributed by atoms with E-state index in [-0.39, 0.29) is 5.91 Å². The first-order valence-electron chi connectivity index (χ1n) is 11.6. The molecule has 2 saturated heterocycles. The highest BCUT2D eigenvalue weighted by molar-refractivity contribution is 5.94. The molecule has 4 rings (SSSR count). The topological polar surface area (TPSA) is 61.9 Å². The summed E-state index contributed by atoms with van der Waals surface area (Å²) in [6.07, 6.45) is 6.35. The Morgan fingerprint density at radius 2 is 1.67 bits per heavy atom. The number of carbonyl (C=O) groups is 2. The van der Waals surface area contributed by atoms with Crippen LogP contribution in [-0.4, -0.2) is 74.1 Å². The maximum absolute atomic E-state index is 12.4. The summed E-state index contributed by atoms with van der Waals surface area (Å²) in [5.74, 6) is 1.36. The third kappa shape index (κ3) is 6.05. The Hall–Kier alpha value is -1.92. The largest absolute Gasteiger partial charge is 0.379 e. The summed E-state index contributed by atoms with van der Waals surface area (Å²) in [6, 6.07) is 8.06. The van der Waals surface area contributed by atoms with Crippen molar-refractivity contribution in [3.05, 3.63) is 35.4 Å². The van der Waals surface area contributed by atoms with Gasteiger partial charge < -0.3 is 15.0 Å². The second kappa shape index (κ2) is 10.4. The van der Waals surface area contributed by atoms with E-state index < -0.39 is 0 Å². The van der Waals surface area contributed by atoms with Gasteiger partial charge in [-0.05, 0) is 68.7 Å². The van der Waals surface area contributed by atoms with Gasteiger partial charge in [-0.15, -0.1) is 0 Å². The fourth-order valence-electron chi connectivity index (χ4n) is 4.50. The van der Waals surface area contributed by atoms with E-state index >= 15 is 0 Å². The molecule has 0 unspecified atom stereocenters. The molecule has 6 heteroatoms. The Kier molecular flexibility index (Phi) is 7.39. The molecule has 0 aromatic heterocycles. The van der Waals surface area contributed by atoms with Crippen LogP contribution in [0.25, 0.3) is 0 Å². The van der Waals surface area contributed by atoms with Crippen molar-refractivity contribution in [2.45, 2.75) is 38.5 Å². The van der Waals surface area contributed by atoms with Crippen LogP contribution in [0.5, 0.6) is 0 Å². The molecule has 0 radical (unpaired) electrons. The van der Waals surface area contributed by atoms with Crippen LogP contribution in [0.4, 0.5) is 0 Å². The fraction of sp³-hybridized carbons (Fsp3) is 0.667. The lowest BCUT2D eigenvalue weighted by Gasteiger charge is -2.32. The normalized spacial score (nSPS) is 20.9. The third-order valence-electron chi connectivity index (χ3n) is 6.63. The van der Waals surface area contributed by atoms with Crippen molar-refractivity contribution >= 4 is 11.8 Å². The van der Waals surface area contributed by atoms with Gasteiger partial charge in [0, 0.05) is 44.2 Å². The zero-order chi connectivity index (χ0) is 20.8. The van der Waals surface area contributed by atoms with Crippen LogP contribution in [0.3, 0.4) is 0 Å². The summed E-state index contributed by atoms with van der Waals surface area (Å²) in [4.78, 5) is 29.0. The number of rotatable bonds is 8. The second-order valence-electron chi connectivity index (χ2n) is 9.01. The van der Waals surface area contributed by atoms with Gasteiger partial charge in [0.2, 0.25) is 5.91 Å². The van der Waals surface area contributed by atoms with E-state index in [1.807, 2.05) is 12.1 Å². The summed E-state index contributed by atoms with van der Waals surface area (Å²) < 4.78 is 5.36. The number of carbonyl (C=O) groups excluding carboxylic acids is 2. The Labute approximate surface area is 179 Å². The average Bonchev–Trinajstić information content (AvgIpc) is 3.63. The number of nitrogens with zero attached hydrogens (tertiary/aromatic N) is 2. The lowest BCUT2D eigenvalue weighted by Crippen LogP contribution is -2.39. The summed E-state index contributed by atoms with van der Waals surface area (Å²) in [5, 5.41) is 3.03. The van der Waals surface area contributed by atoms with Gasteiger partial charge in [0.25, 0.3) is 5.91 Å². The summed E-state index contributed by atoms with van der Waals surface area (Å²) in [6.45, 7) is 7.14. The molecule has 164 valence electrons. The highest BCUT2D eigenvalue weighted by atomic mass is 16.5. The van der Waals surface area contributed by atoms with Crippen molar-refractivity contribution in [3.8, 4) is 0 Å². The quantitative estimate of drug-likeness (QED) is 0.665. The molecule has 1 aromatic carbocycles. The maximum Gasteiger partial charge on any atom is 0.251 e. The number of ether oxygens (including phenoxy) is 1. The van der Waals surface area contributed by atoms with Crippen LogP contribution < -0.4 is 5.32 Å². The number of piperidine rings is 1. The lowest BCUT2D eigenvalue weighted by atomic mass is 9.89. The molecule has 2 heterocycles. The van der Waals surface area contributed by atoms with Gasteiger partial charge in [0.1, 0.15) is 0 Å². The molecule has 2 aliphatic heterocycles. The minimum absolute atomic E-state index is 0.00965. The summed E-state index contributed by atoms with van der Waals surface area (Å²) in [5.41, 5.74) is 2.01. The van der Waals surface area contributed by atoms with E-state index in [1.165, 1.54) is 5.56 Å². The Morgan fingerprint density at radius 3 is 2.33 bits per heavy atom. The Morgan fingerprint density at radius 1 is 0.967 bits per heavy atom. The van der Waals surface area contributed by atoms with E-state index in [0.29, 0.717) is 24.3 Å². The van der Waals surface area contributed by atoms with E-state index in [0.717, 1.165) is 90.0 Å². The lowest BCUT2D eigenvalue weighted by molar-refractivity contribution is -0.133. The van der Waals surface area contributed by atoms with Crippen LogP contribution >= 0.6 is 0 Å². The third-order valence-corrected chi connectivity index (χ3v) is 6.63. The molecule has 2 amide bonds. The molecule has 0 atom stereocenters. The monoisotopic (exact) mass is 413 g/mol. The number of benzene rings is 1. The Bertz CT molecular complexity index is 703. The SMILES string of the molecule is O=C(NCCCN1CCOCC1)c1ccc(CC2CCN(C(=O)C3CC3)CC2)cc1. The van der Waals surface area contributed by atoms with E-state index in [1.54, 1.807) is 0 Å². The molecule has 30 heavy (non-hydrogen) atoms. The minimum Gasteiger partial charge on any atom is -0.379 e. The predicted molar refractivity (Wildman–Crippen MR) is 116 cm³/mol. The first-order chi connectivity index (χ1) is 14.7. The minimum atomic E-state index is 0.00965. The second-order valence-corrected chi connectivity index (χ2v) is 9.01. The van der Waals surface area contributed by atoms with Crippen LogP contribution in [0.1, 0.15) is 48.0 Å². The molecular formula is C24H35N3O3. The van der Waals surface area contributed by atoms with Gasteiger partial charge in [-0.2, -0.15) is 0 Å². The molecule has 1 aliphatic carbocycles. The van der Waals surface area contributed by atoms with Gasteiger partial charge in [-0.3, -0.25) is 14.5 Å². The van der Waals surface area contributed by atoms with Gasteiger partial charge in [0.15, 0.2) is 0 Å². The van der Waals surface area contributed by atoms with Gasteiger partial charge in [0.05, 0.1) is 13.2 Å². The first kappa shape index (κ1) is 21.3. The van der Waals surface area contributed by atoms with Crippen LogP contribution in [-0.2, 0) is 16.0 Å². The smallest absolute Gasteiger partial charge is 0.251 e. The zero-order valence-corrected chi connectivity index (χ0v) is 18.0. The summed E-state index contributed by atoms with van der Waals surface area (Å²) in [7, 11) is 0. The number of hydrogen-bond donors (Lipinski definition) is 1. The molecule has 3 aliphatic rings. The number of likely N-dealkylation sites (tertiary alicyclic amines) is 1. The van der Waals surface area contributed by atoms with E-state index in [9.17, 15) is 9.59 Å². The van der Waals surface area contributed by atoms with E-state index in [4.69, 9.17) is 4.74 Å². The Balaban J connectivity index is 1.14. The molecule has 1 saturated carbocycles. The van der Waals surface area contributed by atoms with Gasteiger partial charge in [-0.1, -0.05) is 12.1 Å². The molecular weight excluding hydrogens is 378 g/mol. The molecule has 6 nitrogen and oxygen atoms in total. The predicted octanol–water partition coefficient (Wildman–Crippen LogP) is 2.33. The number of amides is 2. The maximum atomic E-state index is 12.4. The van der Waals surface area contributed by atoms with E-state index in [2.05, 4.69) is 27.2 Å². The zero-order valence-electron chi connectivity index (χ0n) is 18.0. The molecule has 3 fully saturated rings. The highest BCUT2D eigenvalue weighted by Crippen LogP contribution is 2.32. The van der Waals surface area contributed by atoms with Crippen molar-refractivity contribution in [1.29, 1.82) is 0 Å². The molecule has 0 bridgehead atoms. The van der Waals surface area contributed by atoms with Crippen LogP contribution in [0, 0.1) is 11.8 Å². The van der Waals surface area contributed by atoms with Crippen LogP contribution in [0.15, 0.2) is 24.3 Å². The van der Waals surface area contributed by atoms with Crippen molar-refractivity contribution in [2.24, 2.45) is 11.8 Å². The highest BCUT2D eigenvalue weighted by Gasteiger charge is 2.34.